The summed E-state index contributed by atoms with van der Waals surface area (Å²) in [6.07, 6.45) is -0.150. The van der Waals surface area contributed by atoms with Crippen LogP contribution in [0.1, 0.15) is 13.3 Å². The Bertz CT molecular complexity index is 137. The molecule has 0 saturated heterocycles. The predicted molar refractivity (Wildman–Crippen MR) is 28.3 cm³/mol. The molecule has 4 nitrogen and oxygen atoms in total. The van der Waals surface area contributed by atoms with Gasteiger partial charge in [0.05, 0.1) is 12.0 Å². The van der Waals surface area contributed by atoms with E-state index in [1.54, 1.807) is 0 Å². The minimum absolute atomic E-state index is 0. The number of ketones is 1. The van der Waals surface area contributed by atoms with Crippen molar-refractivity contribution in [2.75, 3.05) is 0 Å². The summed E-state index contributed by atoms with van der Waals surface area (Å²) in [5, 5.41) is 9.85. The van der Waals surface area contributed by atoms with Crippen LogP contribution in [0.15, 0.2) is 0 Å². The second kappa shape index (κ2) is 5.85. The summed E-state index contributed by atoms with van der Waals surface area (Å²) in [6.45, 7) is 1.28. The monoisotopic (exact) mass is 153 g/mol. The fraction of sp³-hybridized carbons (Fsp3) is 0.600. The van der Waals surface area contributed by atoms with E-state index in [-0.39, 0.29) is 41.8 Å². The number of carbonyl (C=O) groups is 2. The van der Waals surface area contributed by atoms with E-state index in [2.05, 4.69) is 0 Å². The smallest absolute Gasteiger partial charge is 0.548 e. The van der Waals surface area contributed by atoms with Crippen LogP contribution in [-0.2, 0) is 9.59 Å². The van der Waals surface area contributed by atoms with Crippen LogP contribution in [0.3, 0.4) is 0 Å². The Morgan fingerprint density at radius 3 is 2.10 bits per heavy atom. The van der Waals surface area contributed by atoms with Crippen molar-refractivity contribution < 1.29 is 44.3 Å². The molecule has 0 aliphatic carbocycles. The molecule has 5 heteroatoms. The SMILES string of the molecule is CC(=O)CC(N)C(=O)[O-].[Na+]. The van der Waals surface area contributed by atoms with Crippen LogP contribution in [0, 0.1) is 0 Å². The van der Waals surface area contributed by atoms with Gasteiger partial charge in [0.25, 0.3) is 0 Å². The van der Waals surface area contributed by atoms with E-state index >= 15 is 0 Å². The zero-order chi connectivity index (χ0) is 7.44. The number of hydrogen-bond donors (Lipinski definition) is 1. The second-order valence-electron chi connectivity index (χ2n) is 1.83. The standard InChI is InChI=1S/C5H9NO3.Na/c1-3(7)2-4(6)5(8)9;/h4H,2,6H2,1H3,(H,8,9);/q;+1/p-1. The van der Waals surface area contributed by atoms with Gasteiger partial charge in [0.1, 0.15) is 5.78 Å². The van der Waals surface area contributed by atoms with Crippen molar-refractivity contribution in [1.82, 2.24) is 0 Å². The molecule has 1 atom stereocenters. The topological polar surface area (TPSA) is 83.2 Å². The molecule has 0 amide bonds. The van der Waals surface area contributed by atoms with Crippen LogP contribution in [-0.4, -0.2) is 17.8 Å². The van der Waals surface area contributed by atoms with Crippen molar-refractivity contribution in [2.45, 2.75) is 19.4 Å². The van der Waals surface area contributed by atoms with E-state index in [1.807, 2.05) is 0 Å². The Kier molecular flexibility index (Phi) is 7.46. The van der Waals surface area contributed by atoms with Gasteiger partial charge in [-0.2, -0.15) is 0 Å². The van der Waals surface area contributed by atoms with Crippen LogP contribution in [0.25, 0.3) is 0 Å². The van der Waals surface area contributed by atoms with Gasteiger partial charge < -0.3 is 15.6 Å². The Morgan fingerprint density at radius 1 is 1.60 bits per heavy atom. The maximum Gasteiger partial charge on any atom is 1.00 e. The molecule has 0 aromatic carbocycles. The first-order chi connectivity index (χ1) is 4.04. The predicted octanol–water partition coefficient (Wildman–Crippen LogP) is -4.95. The molecule has 0 aromatic heterocycles. The van der Waals surface area contributed by atoms with E-state index in [0.717, 1.165) is 0 Å². The zero-order valence-corrected chi connectivity index (χ0v) is 8.09. The fourth-order valence-corrected chi connectivity index (χ4v) is 0.393. The quantitative estimate of drug-likeness (QED) is 0.412. The Morgan fingerprint density at radius 2 is 2.00 bits per heavy atom. The molecule has 0 heterocycles. The number of carboxylic acids is 1. The summed E-state index contributed by atoms with van der Waals surface area (Å²) < 4.78 is 0. The fourth-order valence-electron chi connectivity index (χ4n) is 0.393. The summed E-state index contributed by atoms with van der Waals surface area (Å²) in [5.74, 6) is -1.63. The maximum atomic E-state index is 10.2. The molecule has 52 valence electrons. The largest absolute Gasteiger partial charge is 1.00 e. The summed E-state index contributed by atoms with van der Waals surface area (Å²) in [5.41, 5.74) is 4.93. The molecule has 0 aromatic rings. The van der Waals surface area contributed by atoms with Gasteiger partial charge in [-0.05, 0) is 6.92 Å². The second-order valence-corrected chi connectivity index (χ2v) is 1.83. The Labute approximate surface area is 81.1 Å². The van der Waals surface area contributed by atoms with Gasteiger partial charge in [-0.15, -0.1) is 0 Å². The van der Waals surface area contributed by atoms with Crippen molar-refractivity contribution in [3.8, 4) is 0 Å². The van der Waals surface area contributed by atoms with Crippen LogP contribution in [0.4, 0.5) is 0 Å². The van der Waals surface area contributed by atoms with E-state index < -0.39 is 12.0 Å². The molecular weight excluding hydrogens is 145 g/mol. The van der Waals surface area contributed by atoms with E-state index in [9.17, 15) is 14.7 Å². The van der Waals surface area contributed by atoms with Crippen molar-refractivity contribution in [2.24, 2.45) is 5.73 Å². The third kappa shape index (κ3) is 6.22. The minimum atomic E-state index is -1.38. The van der Waals surface area contributed by atoms with Gasteiger partial charge in [0.15, 0.2) is 0 Å². The maximum absolute atomic E-state index is 10.2. The third-order valence-corrected chi connectivity index (χ3v) is 0.810. The summed E-state index contributed by atoms with van der Waals surface area (Å²) >= 11 is 0. The molecule has 0 rings (SSSR count). The average molecular weight is 153 g/mol. The molecule has 0 spiro atoms. The molecule has 0 bridgehead atoms. The molecule has 2 N–H and O–H groups in total. The molecule has 1 unspecified atom stereocenters. The van der Waals surface area contributed by atoms with Crippen molar-refractivity contribution >= 4 is 11.8 Å². The van der Waals surface area contributed by atoms with Gasteiger partial charge in [0, 0.05) is 6.42 Å². The Hall–Kier alpha value is 0.100. The number of nitrogens with two attached hydrogens (primary N) is 1. The summed E-state index contributed by atoms with van der Waals surface area (Å²) in [4.78, 5) is 20.0. The van der Waals surface area contributed by atoms with Gasteiger partial charge in [-0.25, -0.2) is 0 Å². The van der Waals surface area contributed by atoms with Crippen LogP contribution < -0.4 is 40.4 Å². The van der Waals surface area contributed by atoms with E-state index in [0.29, 0.717) is 0 Å². The summed E-state index contributed by atoms with van der Waals surface area (Å²) in [7, 11) is 0. The molecule has 10 heavy (non-hydrogen) atoms. The van der Waals surface area contributed by atoms with Gasteiger partial charge in [-0.3, -0.25) is 4.79 Å². The van der Waals surface area contributed by atoms with Crippen molar-refractivity contribution in [3.05, 3.63) is 0 Å². The number of aliphatic carboxylic acids is 1. The first kappa shape index (κ1) is 12.7. The number of carbonyl (C=O) groups excluding carboxylic acids is 2. The number of rotatable bonds is 3. The molecule has 0 saturated carbocycles. The molecule has 0 fully saturated rings. The van der Waals surface area contributed by atoms with Crippen LogP contribution >= 0.6 is 0 Å². The molecular formula is C5H8NNaO3. The molecule has 0 aliphatic heterocycles. The van der Waals surface area contributed by atoms with E-state index in [4.69, 9.17) is 5.73 Å². The first-order valence-electron chi connectivity index (χ1n) is 2.50. The van der Waals surface area contributed by atoms with Crippen molar-refractivity contribution in [1.29, 1.82) is 0 Å². The van der Waals surface area contributed by atoms with Gasteiger partial charge in [0.2, 0.25) is 0 Å². The summed E-state index contributed by atoms with van der Waals surface area (Å²) in [6, 6.07) is -1.15. The number of hydrogen-bond acceptors (Lipinski definition) is 4. The Balaban J connectivity index is 0. The normalized spacial score (nSPS) is 11.4. The zero-order valence-electron chi connectivity index (χ0n) is 6.09. The number of Topliss-reactive ketones (excluding diaryl/α,β-unsaturated/α-hetero) is 1. The van der Waals surface area contributed by atoms with E-state index in [1.165, 1.54) is 6.92 Å². The van der Waals surface area contributed by atoms with Gasteiger partial charge >= 0.3 is 29.6 Å². The number of carboxylic acid groups (broad SMARTS) is 1. The van der Waals surface area contributed by atoms with Crippen molar-refractivity contribution in [3.63, 3.8) is 0 Å². The average Bonchev–Trinajstić information content (AvgIpc) is 1.63. The minimum Gasteiger partial charge on any atom is -0.548 e. The van der Waals surface area contributed by atoms with Crippen LogP contribution in [0.5, 0.6) is 0 Å². The molecule has 0 radical (unpaired) electrons. The van der Waals surface area contributed by atoms with Crippen LogP contribution in [0.2, 0.25) is 0 Å². The third-order valence-electron chi connectivity index (χ3n) is 0.810. The molecule has 0 aliphatic rings. The van der Waals surface area contributed by atoms with Gasteiger partial charge in [-0.1, -0.05) is 0 Å². The first-order valence-corrected chi connectivity index (χ1v) is 2.50.